The Kier molecular flexibility index (Phi) is 4.87. The van der Waals surface area contributed by atoms with E-state index >= 15 is 0 Å². The van der Waals surface area contributed by atoms with Crippen molar-refractivity contribution in [3.05, 3.63) is 11.5 Å². The summed E-state index contributed by atoms with van der Waals surface area (Å²) in [5.74, 6) is 3.88. The summed E-state index contributed by atoms with van der Waals surface area (Å²) in [6.07, 6.45) is 1.28. The number of nitrogens with one attached hydrogen (secondary N) is 1. The highest BCUT2D eigenvalue weighted by Gasteiger charge is 2.05. The number of nitrogens with zero attached hydrogens (tertiary/aromatic N) is 1. The standard InChI is InChI=1S/C7H12FN3O/c1-3-10-6(5(2)8)4-7(12)11-9/h3H,4,9H2,1-2H3,(H,11,12)/b6-5+,10-3?. The van der Waals surface area contributed by atoms with E-state index in [0.717, 1.165) is 0 Å². The molecule has 0 aromatic carbocycles. The Balaban J connectivity index is 4.36. The molecule has 12 heavy (non-hydrogen) atoms. The van der Waals surface area contributed by atoms with E-state index < -0.39 is 11.7 Å². The third-order valence-electron chi connectivity index (χ3n) is 1.17. The molecule has 0 aliphatic rings. The van der Waals surface area contributed by atoms with Crippen molar-refractivity contribution in [3.63, 3.8) is 0 Å². The number of hydrogen-bond acceptors (Lipinski definition) is 3. The minimum Gasteiger partial charge on any atom is -0.294 e. The molecule has 0 unspecified atom stereocenters. The number of nitrogens with two attached hydrogens (primary N) is 1. The summed E-state index contributed by atoms with van der Waals surface area (Å²) in [5.41, 5.74) is 1.99. The van der Waals surface area contributed by atoms with E-state index in [-0.39, 0.29) is 12.1 Å². The van der Waals surface area contributed by atoms with Crippen molar-refractivity contribution in [2.75, 3.05) is 0 Å². The molecule has 0 fully saturated rings. The van der Waals surface area contributed by atoms with Crippen LogP contribution < -0.4 is 11.3 Å². The number of hydrogen-bond donors (Lipinski definition) is 2. The largest absolute Gasteiger partial charge is 0.294 e. The van der Waals surface area contributed by atoms with Crippen LogP contribution in [0.2, 0.25) is 0 Å². The summed E-state index contributed by atoms with van der Waals surface area (Å²) in [6, 6.07) is 0. The van der Waals surface area contributed by atoms with Crippen molar-refractivity contribution >= 4 is 12.1 Å². The molecule has 1 amide bonds. The average Bonchev–Trinajstić information content (AvgIpc) is 2.03. The van der Waals surface area contributed by atoms with Crippen LogP contribution in [0.15, 0.2) is 16.5 Å². The number of allylic oxidation sites excluding steroid dienone is 1. The molecule has 0 bridgehead atoms. The fraction of sp³-hybridized carbons (Fsp3) is 0.429. The SMILES string of the molecule is CC=N/C(CC(=O)NN)=C(\C)F. The van der Waals surface area contributed by atoms with Crippen LogP contribution in [-0.2, 0) is 4.79 Å². The second-order valence-electron chi connectivity index (χ2n) is 2.11. The number of carbonyl (C=O) groups excluding carboxylic acids is 1. The Labute approximate surface area is 70.3 Å². The van der Waals surface area contributed by atoms with Gasteiger partial charge >= 0.3 is 0 Å². The van der Waals surface area contributed by atoms with Gasteiger partial charge in [-0.1, -0.05) is 0 Å². The van der Waals surface area contributed by atoms with Crippen LogP contribution in [0.1, 0.15) is 20.3 Å². The molecule has 0 rings (SSSR count). The third kappa shape index (κ3) is 3.82. The van der Waals surface area contributed by atoms with Crippen molar-refractivity contribution in [3.8, 4) is 0 Å². The molecule has 0 aromatic rings. The van der Waals surface area contributed by atoms with Crippen LogP contribution in [0, 0.1) is 0 Å². The Morgan fingerprint density at radius 1 is 1.75 bits per heavy atom. The summed E-state index contributed by atoms with van der Waals surface area (Å²) >= 11 is 0. The second-order valence-corrected chi connectivity index (χ2v) is 2.11. The third-order valence-corrected chi connectivity index (χ3v) is 1.17. The van der Waals surface area contributed by atoms with Gasteiger partial charge in [-0.3, -0.25) is 15.2 Å². The quantitative estimate of drug-likeness (QED) is 0.285. The van der Waals surface area contributed by atoms with Crippen LogP contribution in [0.25, 0.3) is 0 Å². The first-order valence-electron chi connectivity index (χ1n) is 3.45. The van der Waals surface area contributed by atoms with Gasteiger partial charge in [0.1, 0.15) is 5.83 Å². The summed E-state index contributed by atoms with van der Waals surface area (Å²) in [4.78, 5) is 14.4. The first kappa shape index (κ1) is 10.8. The highest BCUT2D eigenvalue weighted by molar-refractivity contribution is 5.78. The molecule has 0 aromatic heterocycles. The maximum atomic E-state index is 12.6. The minimum absolute atomic E-state index is 0.0976. The first-order chi connectivity index (χ1) is 5.61. The Hall–Kier alpha value is -1.23. The summed E-state index contributed by atoms with van der Waals surface area (Å²) in [6.45, 7) is 2.88. The van der Waals surface area contributed by atoms with E-state index in [9.17, 15) is 9.18 Å². The number of carbonyl (C=O) groups is 1. The molecule has 0 heterocycles. The molecule has 68 valence electrons. The first-order valence-corrected chi connectivity index (χ1v) is 3.45. The normalized spacial score (nSPS) is 13.0. The fourth-order valence-corrected chi connectivity index (χ4v) is 0.615. The lowest BCUT2D eigenvalue weighted by molar-refractivity contribution is -0.120. The Bertz CT molecular complexity index is 219. The molecule has 0 saturated carbocycles. The molecule has 4 nitrogen and oxygen atoms in total. The monoisotopic (exact) mass is 173 g/mol. The van der Waals surface area contributed by atoms with E-state index in [1.807, 2.05) is 5.43 Å². The van der Waals surface area contributed by atoms with Gasteiger partial charge in [-0.2, -0.15) is 0 Å². The van der Waals surface area contributed by atoms with E-state index in [2.05, 4.69) is 4.99 Å². The van der Waals surface area contributed by atoms with E-state index in [1.54, 1.807) is 6.92 Å². The highest BCUT2D eigenvalue weighted by atomic mass is 19.1. The Morgan fingerprint density at radius 3 is 2.67 bits per heavy atom. The molecular weight excluding hydrogens is 161 g/mol. The van der Waals surface area contributed by atoms with Gasteiger partial charge in [-0.25, -0.2) is 10.2 Å². The molecule has 0 aliphatic heterocycles. The van der Waals surface area contributed by atoms with Gasteiger partial charge in [0.05, 0.1) is 12.1 Å². The zero-order chi connectivity index (χ0) is 9.56. The summed E-state index contributed by atoms with van der Waals surface area (Å²) in [5, 5.41) is 0. The van der Waals surface area contributed by atoms with Crippen molar-refractivity contribution < 1.29 is 9.18 Å². The zero-order valence-electron chi connectivity index (χ0n) is 7.10. The van der Waals surface area contributed by atoms with Gasteiger partial charge in [0, 0.05) is 6.21 Å². The van der Waals surface area contributed by atoms with E-state index in [0.29, 0.717) is 0 Å². The maximum absolute atomic E-state index is 12.6. The molecular formula is C7H12FN3O. The van der Waals surface area contributed by atoms with Crippen molar-refractivity contribution in [1.82, 2.24) is 5.43 Å². The van der Waals surface area contributed by atoms with Gasteiger partial charge in [-0.05, 0) is 13.8 Å². The number of halogens is 1. The molecule has 3 N–H and O–H groups in total. The van der Waals surface area contributed by atoms with E-state index in [1.165, 1.54) is 13.1 Å². The number of amides is 1. The zero-order valence-corrected chi connectivity index (χ0v) is 7.10. The van der Waals surface area contributed by atoms with Crippen LogP contribution in [0.5, 0.6) is 0 Å². The predicted octanol–water partition coefficient (Wildman–Crippen LogP) is 0.658. The summed E-state index contributed by atoms with van der Waals surface area (Å²) in [7, 11) is 0. The van der Waals surface area contributed by atoms with Gasteiger partial charge in [-0.15, -0.1) is 0 Å². The number of rotatable bonds is 3. The highest BCUT2D eigenvalue weighted by Crippen LogP contribution is 2.10. The molecule has 0 spiro atoms. The predicted molar refractivity (Wildman–Crippen MR) is 44.9 cm³/mol. The smallest absolute Gasteiger partial charge is 0.239 e. The molecule has 0 aliphatic carbocycles. The van der Waals surface area contributed by atoms with Crippen molar-refractivity contribution in [2.45, 2.75) is 20.3 Å². The molecule has 0 radical (unpaired) electrons. The van der Waals surface area contributed by atoms with Gasteiger partial charge in [0.25, 0.3) is 0 Å². The van der Waals surface area contributed by atoms with Crippen LogP contribution in [0.3, 0.4) is 0 Å². The second kappa shape index (κ2) is 5.42. The van der Waals surface area contributed by atoms with Crippen LogP contribution >= 0.6 is 0 Å². The summed E-state index contributed by atoms with van der Waals surface area (Å²) < 4.78 is 12.6. The molecule has 0 atom stereocenters. The van der Waals surface area contributed by atoms with Gasteiger partial charge < -0.3 is 0 Å². The van der Waals surface area contributed by atoms with E-state index in [4.69, 9.17) is 5.84 Å². The lowest BCUT2D eigenvalue weighted by Gasteiger charge is -2.00. The number of aliphatic imine (C=N–C) groups is 1. The molecule has 0 saturated heterocycles. The number of hydrazine groups is 1. The molecule has 5 heteroatoms. The minimum atomic E-state index is -0.475. The topological polar surface area (TPSA) is 67.5 Å². The van der Waals surface area contributed by atoms with Crippen molar-refractivity contribution in [2.24, 2.45) is 10.8 Å². The maximum Gasteiger partial charge on any atom is 0.239 e. The lowest BCUT2D eigenvalue weighted by atomic mass is 10.3. The lowest BCUT2D eigenvalue weighted by Crippen LogP contribution is -2.30. The van der Waals surface area contributed by atoms with Crippen LogP contribution in [0.4, 0.5) is 4.39 Å². The van der Waals surface area contributed by atoms with Crippen molar-refractivity contribution in [1.29, 1.82) is 0 Å². The van der Waals surface area contributed by atoms with Gasteiger partial charge in [0.2, 0.25) is 5.91 Å². The Morgan fingerprint density at radius 2 is 2.33 bits per heavy atom. The average molecular weight is 173 g/mol. The van der Waals surface area contributed by atoms with Crippen LogP contribution in [-0.4, -0.2) is 12.1 Å². The fourth-order valence-electron chi connectivity index (χ4n) is 0.615. The van der Waals surface area contributed by atoms with Gasteiger partial charge in [0.15, 0.2) is 0 Å².